The summed E-state index contributed by atoms with van der Waals surface area (Å²) in [7, 11) is 1.87. The quantitative estimate of drug-likeness (QED) is 0.629. The van der Waals surface area contributed by atoms with Crippen molar-refractivity contribution >= 4 is 23.1 Å². The Morgan fingerprint density at radius 1 is 1.26 bits per heavy atom. The standard InChI is InChI=1S/C21H23F2N7O/c1-13-20-16(29(3)12-19(31)28-20)6-18(27-13)25-8-15-9-26-30(11-15)10-14-4-5-17(24-7-14)21(2,22)23/h4-7,9,11H,8,10,12H2,1-3H3,(H,25,27)(H,28,31). The van der Waals surface area contributed by atoms with Gasteiger partial charge in [0.05, 0.1) is 36.4 Å². The van der Waals surface area contributed by atoms with Gasteiger partial charge in [-0.15, -0.1) is 0 Å². The number of aryl methyl sites for hydroxylation is 1. The van der Waals surface area contributed by atoms with Crippen LogP contribution in [0, 0.1) is 6.92 Å². The molecule has 0 saturated carbocycles. The smallest absolute Gasteiger partial charge is 0.286 e. The molecule has 4 heterocycles. The molecule has 0 fully saturated rings. The van der Waals surface area contributed by atoms with E-state index >= 15 is 0 Å². The first-order valence-electron chi connectivity index (χ1n) is 9.80. The molecule has 0 aromatic carbocycles. The van der Waals surface area contributed by atoms with E-state index in [1.807, 2.05) is 31.1 Å². The number of amides is 1. The number of hydrogen-bond acceptors (Lipinski definition) is 6. The van der Waals surface area contributed by atoms with Crippen LogP contribution in [0.1, 0.15) is 29.4 Å². The highest BCUT2D eigenvalue weighted by atomic mass is 19.3. The van der Waals surface area contributed by atoms with E-state index in [2.05, 4.69) is 25.7 Å². The average Bonchev–Trinajstić information content (AvgIpc) is 3.14. The fraction of sp³-hybridized carbons (Fsp3) is 0.333. The van der Waals surface area contributed by atoms with Crippen molar-refractivity contribution in [2.45, 2.75) is 32.9 Å². The number of carbonyl (C=O) groups is 1. The normalized spacial score (nSPS) is 13.7. The molecule has 0 unspecified atom stereocenters. The lowest BCUT2D eigenvalue weighted by Crippen LogP contribution is -2.36. The number of rotatable bonds is 6. The Morgan fingerprint density at radius 2 is 2.06 bits per heavy atom. The van der Waals surface area contributed by atoms with E-state index in [1.165, 1.54) is 12.3 Å². The number of nitrogens with one attached hydrogen (secondary N) is 2. The molecule has 0 spiro atoms. The maximum atomic E-state index is 13.3. The Labute approximate surface area is 178 Å². The van der Waals surface area contributed by atoms with Crippen molar-refractivity contribution in [1.82, 2.24) is 19.7 Å². The van der Waals surface area contributed by atoms with Gasteiger partial charge >= 0.3 is 0 Å². The van der Waals surface area contributed by atoms with E-state index in [0.29, 0.717) is 25.5 Å². The van der Waals surface area contributed by atoms with Crippen molar-refractivity contribution in [1.29, 1.82) is 0 Å². The number of halogens is 2. The number of carbonyl (C=O) groups excluding carboxylic acids is 1. The third kappa shape index (κ3) is 4.62. The molecule has 3 aromatic rings. The molecule has 10 heteroatoms. The fourth-order valence-corrected chi connectivity index (χ4v) is 3.42. The second-order valence-electron chi connectivity index (χ2n) is 7.73. The zero-order valence-electron chi connectivity index (χ0n) is 17.5. The highest BCUT2D eigenvalue weighted by Gasteiger charge is 2.25. The Morgan fingerprint density at radius 3 is 2.77 bits per heavy atom. The van der Waals surface area contributed by atoms with Crippen molar-refractivity contribution in [2.24, 2.45) is 0 Å². The molecule has 1 aliphatic heterocycles. The lowest BCUT2D eigenvalue weighted by atomic mass is 10.2. The maximum Gasteiger partial charge on any atom is 0.286 e. The summed E-state index contributed by atoms with van der Waals surface area (Å²) in [6.07, 6.45) is 5.07. The minimum absolute atomic E-state index is 0.0544. The summed E-state index contributed by atoms with van der Waals surface area (Å²) in [5.41, 5.74) is 3.87. The van der Waals surface area contributed by atoms with E-state index in [0.717, 1.165) is 35.1 Å². The number of hydrogen-bond donors (Lipinski definition) is 2. The molecule has 162 valence electrons. The SMILES string of the molecule is Cc1nc(NCc2cnn(Cc3ccc(C(C)(F)F)nc3)c2)cc2c1NC(=O)CN2C. The molecule has 8 nitrogen and oxygen atoms in total. The van der Waals surface area contributed by atoms with Crippen LogP contribution in [0.5, 0.6) is 0 Å². The van der Waals surface area contributed by atoms with Gasteiger partial charge < -0.3 is 15.5 Å². The topological polar surface area (TPSA) is 88.0 Å². The Bertz CT molecular complexity index is 1110. The highest BCUT2D eigenvalue weighted by Crippen LogP contribution is 2.33. The largest absolute Gasteiger partial charge is 0.366 e. The number of pyridine rings is 2. The fourth-order valence-electron chi connectivity index (χ4n) is 3.42. The number of nitrogens with zero attached hydrogens (tertiary/aromatic N) is 5. The van der Waals surface area contributed by atoms with E-state index in [-0.39, 0.29) is 11.6 Å². The Hall–Kier alpha value is -3.56. The van der Waals surface area contributed by atoms with Crippen LogP contribution in [0.4, 0.5) is 26.0 Å². The second-order valence-corrected chi connectivity index (χ2v) is 7.73. The lowest BCUT2D eigenvalue weighted by Gasteiger charge is -2.28. The van der Waals surface area contributed by atoms with Gasteiger partial charge in [-0.05, 0) is 18.6 Å². The lowest BCUT2D eigenvalue weighted by molar-refractivity contribution is -0.115. The molecule has 2 N–H and O–H groups in total. The zero-order chi connectivity index (χ0) is 22.2. The molecular formula is C21H23F2N7O. The molecule has 1 aliphatic rings. The summed E-state index contributed by atoms with van der Waals surface area (Å²) < 4.78 is 28.3. The molecule has 0 aliphatic carbocycles. The van der Waals surface area contributed by atoms with Gasteiger partial charge in [0.15, 0.2) is 0 Å². The van der Waals surface area contributed by atoms with Crippen molar-refractivity contribution in [3.63, 3.8) is 0 Å². The van der Waals surface area contributed by atoms with Gasteiger partial charge in [0.25, 0.3) is 5.92 Å². The van der Waals surface area contributed by atoms with Crippen LogP contribution in [0.3, 0.4) is 0 Å². The van der Waals surface area contributed by atoms with Gasteiger partial charge in [-0.25, -0.2) is 4.98 Å². The van der Waals surface area contributed by atoms with Crippen molar-refractivity contribution in [2.75, 3.05) is 29.1 Å². The van der Waals surface area contributed by atoms with Gasteiger partial charge in [0.1, 0.15) is 11.5 Å². The van der Waals surface area contributed by atoms with Crippen molar-refractivity contribution in [3.05, 3.63) is 59.3 Å². The van der Waals surface area contributed by atoms with Gasteiger partial charge in [-0.1, -0.05) is 6.07 Å². The summed E-state index contributed by atoms with van der Waals surface area (Å²) in [4.78, 5) is 22.0. The van der Waals surface area contributed by atoms with Crippen LogP contribution in [-0.2, 0) is 23.8 Å². The van der Waals surface area contributed by atoms with Crippen LogP contribution in [0.15, 0.2) is 36.8 Å². The first-order valence-corrected chi connectivity index (χ1v) is 9.80. The first-order chi connectivity index (χ1) is 14.7. The van der Waals surface area contributed by atoms with Crippen molar-refractivity contribution in [3.8, 4) is 0 Å². The van der Waals surface area contributed by atoms with Gasteiger partial charge in [0, 0.05) is 44.5 Å². The van der Waals surface area contributed by atoms with Gasteiger partial charge in [-0.3, -0.25) is 14.5 Å². The summed E-state index contributed by atoms with van der Waals surface area (Å²) in [5, 5.41) is 10.5. The molecule has 4 rings (SSSR count). The van der Waals surface area contributed by atoms with E-state index < -0.39 is 5.92 Å². The predicted octanol–water partition coefficient (Wildman–Crippen LogP) is 3.14. The number of likely N-dealkylation sites (N-methyl/N-ethyl adjacent to an activating group) is 1. The molecule has 1 amide bonds. The summed E-state index contributed by atoms with van der Waals surface area (Å²) in [6, 6.07) is 4.88. The van der Waals surface area contributed by atoms with Crippen molar-refractivity contribution < 1.29 is 13.6 Å². The molecule has 0 atom stereocenters. The van der Waals surface area contributed by atoms with Crippen LogP contribution in [0.2, 0.25) is 0 Å². The van der Waals surface area contributed by atoms with Crippen LogP contribution in [0.25, 0.3) is 0 Å². The predicted molar refractivity (Wildman–Crippen MR) is 113 cm³/mol. The Balaban J connectivity index is 1.40. The first kappa shape index (κ1) is 20.7. The summed E-state index contributed by atoms with van der Waals surface area (Å²) in [5.74, 6) is -2.31. The van der Waals surface area contributed by atoms with E-state index in [1.54, 1.807) is 16.9 Å². The maximum absolute atomic E-state index is 13.3. The van der Waals surface area contributed by atoms with E-state index in [9.17, 15) is 13.6 Å². The molecule has 0 bridgehead atoms. The molecule has 0 saturated heterocycles. The second kappa shape index (κ2) is 7.93. The zero-order valence-corrected chi connectivity index (χ0v) is 17.5. The number of fused-ring (bicyclic) bond motifs is 1. The third-order valence-corrected chi connectivity index (χ3v) is 5.02. The average molecular weight is 427 g/mol. The molecule has 3 aromatic heterocycles. The minimum Gasteiger partial charge on any atom is -0.366 e. The minimum atomic E-state index is -2.95. The highest BCUT2D eigenvalue weighted by molar-refractivity contribution is 6.02. The number of anilines is 3. The van der Waals surface area contributed by atoms with Crippen LogP contribution < -0.4 is 15.5 Å². The van der Waals surface area contributed by atoms with Gasteiger partial charge in [0.2, 0.25) is 5.91 Å². The summed E-state index contributed by atoms with van der Waals surface area (Å²) in [6.45, 7) is 3.93. The van der Waals surface area contributed by atoms with E-state index in [4.69, 9.17) is 0 Å². The monoisotopic (exact) mass is 427 g/mol. The summed E-state index contributed by atoms with van der Waals surface area (Å²) >= 11 is 0. The van der Waals surface area contributed by atoms with Crippen LogP contribution in [-0.4, -0.2) is 39.2 Å². The molecular weight excluding hydrogens is 404 g/mol. The van der Waals surface area contributed by atoms with Crippen LogP contribution >= 0.6 is 0 Å². The molecule has 0 radical (unpaired) electrons. The number of aromatic nitrogens is 4. The van der Waals surface area contributed by atoms with Gasteiger partial charge in [-0.2, -0.15) is 13.9 Å². The number of alkyl halides is 2. The Kier molecular flexibility index (Phi) is 5.30. The third-order valence-electron chi connectivity index (χ3n) is 5.02. The molecule has 31 heavy (non-hydrogen) atoms.